The summed E-state index contributed by atoms with van der Waals surface area (Å²) in [6.45, 7) is 2.14. The van der Waals surface area contributed by atoms with E-state index in [0.29, 0.717) is 6.42 Å². The molecule has 1 amide bonds. The molecule has 1 saturated carbocycles. The van der Waals surface area contributed by atoms with Crippen LogP contribution in [0.2, 0.25) is 0 Å². The number of nitrogens with one attached hydrogen (secondary N) is 1. The van der Waals surface area contributed by atoms with E-state index < -0.39 is 0 Å². The standard InChI is InChI=1S/C15H21NO2/c1-3-15(10-11-15)16-14(17)9-6-12-4-7-13(18-2)8-5-12/h4-5,7-8H,3,6,9-11H2,1-2H3,(H,16,17). The third-order valence-electron chi connectivity index (χ3n) is 3.73. The largest absolute Gasteiger partial charge is 0.497 e. The summed E-state index contributed by atoms with van der Waals surface area (Å²) in [4.78, 5) is 11.8. The quantitative estimate of drug-likeness (QED) is 0.839. The van der Waals surface area contributed by atoms with Gasteiger partial charge in [0.25, 0.3) is 0 Å². The van der Waals surface area contributed by atoms with Gasteiger partial charge in [-0.2, -0.15) is 0 Å². The van der Waals surface area contributed by atoms with E-state index in [-0.39, 0.29) is 11.4 Å². The first-order chi connectivity index (χ1) is 8.67. The lowest BCUT2D eigenvalue weighted by atomic mass is 10.1. The molecule has 1 aromatic carbocycles. The molecule has 0 radical (unpaired) electrons. The predicted octanol–water partition coefficient (Wildman–Crippen LogP) is 2.69. The van der Waals surface area contributed by atoms with Crippen LogP contribution in [0.15, 0.2) is 24.3 Å². The lowest BCUT2D eigenvalue weighted by molar-refractivity contribution is -0.122. The second kappa shape index (κ2) is 5.42. The number of ether oxygens (including phenoxy) is 1. The number of aryl methyl sites for hydroxylation is 1. The minimum absolute atomic E-state index is 0.136. The predicted molar refractivity (Wildman–Crippen MR) is 71.7 cm³/mol. The van der Waals surface area contributed by atoms with Gasteiger partial charge in [0.05, 0.1) is 7.11 Å². The van der Waals surface area contributed by atoms with Crippen LogP contribution in [0, 0.1) is 0 Å². The Balaban J connectivity index is 1.78. The van der Waals surface area contributed by atoms with Gasteiger partial charge in [-0.05, 0) is 43.4 Å². The fourth-order valence-electron chi connectivity index (χ4n) is 2.13. The SMILES string of the molecule is CCC1(NC(=O)CCc2ccc(OC)cc2)CC1. The molecule has 18 heavy (non-hydrogen) atoms. The Labute approximate surface area is 109 Å². The highest BCUT2D eigenvalue weighted by molar-refractivity contribution is 5.77. The van der Waals surface area contributed by atoms with Crippen molar-refractivity contribution in [3.8, 4) is 5.75 Å². The second-order valence-electron chi connectivity index (χ2n) is 5.03. The minimum Gasteiger partial charge on any atom is -0.497 e. The summed E-state index contributed by atoms with van der Waals surface area (Å²) in [6, 6.07) is 7.89. The Bertz CT molecular complexity index is 407. The molecule has 1 aromatic rings. The van der Waals surface area contributed by atoms with Gasteiger partial charge >= 0.3 is 0 Å². The first-order valence-electron chi connectivity index (χ1n) is 6.61. The van der Waals surface area contributed by atoms with Crippen LogP contribution in [0.3, 0.4) is 0 Å². The number of rotatable bonds is 6. The van der Waals surface area contributed by atoms with Gasteiger partial charge in [-0.1, -0.05) is 19.1 Å². The van der Waals surface area contributed by atoms with Crippen LogP contribution in [0.25, 0.3) is 0 Å². The van der Waals surface area contributed by atoms with E-state index in [1.54, 1.807) is 7.11 Å². The first kappa shape index (κ1) is 12.9. The monoisotopic (exact) mass is 247 g/mol. The van der Waals surface area contributed by atoms with Gasteiger partial charge in [-0.3, -0.25) is 4.79 Å². The minimum atomic E-state index is 0.136. The number of carbonyl (C=O) groups excluding carboxylic acids is 1. The average molecular weight is 247 g/mol. The molecule has 3 heteroatoms. The Morgan fingerprint density at radius 2 is 2.00 bits per heavy atom. The van der Waals surface area contributed by atoms with Crippen molar-refractivity contribution in [3.63, 3.8) is 0 Å². The van der Waals surface area contributed by atoms with Gasteiger partial charge in [0, 0.05) is 12.0 Å². The fourth-order valence-corrected chi connectivity index (χ4v) is 2.13. The van der Waals surface area contributed by atoms with Gasteiger partial charge < -0.3 is 10.1 Å². The van der Waals surface area contributed by atoms with Crippen molar-refractivity contribution in [2.24, 2.45) is 0 Å². The van der Waals surface area contributed by atoms with Crippen LogP contribution < -0.4 is 10.1 Å². The highest BCUT2D eigenvalue weighted by atomic mass is 16.5. The molecule has 0 heterocycles. The lowest BCUT2D eigenvalue weighted by Crippen LogP contribution is -2.36. The zero-order chi connectivity index (χ0) is 13.0. The number of hydrogen-bond acceptors (Lipinski definition) is 2. The molecular formula is C15H21NO2. The number of amides is 1. The molecule has 2 rings (SSSR count). The maximum Gasteiger partial charge on any atom is 0.220 e. The number of hydrogen-bond donors (Lipinski definition) is 1. The van der Waals surface area contributed by atoms with Crippen LogP contribution >= 0.6 is 0 Å². The molecule has 1 fully saturated rings. The molecule has 1 aliphatic rings. The molecule has 0 saturated heterocycles. The number of carbonyl (C=O) groups is 1. The smallest absolute Gasteiger partial charge is 0.220 e. The third kappa shape index (κ3) is 3.25. The van der Waals surface area contributed by atoms with E-state index in [4.69, 9.17) is 4.74 Å². The highest BCUT2D eigenvalue weighted by Crippen LogP contribution is 2.38. The summed E-state index contributed by atoms with van der Waals surface area (Å²) in [5, 5.41) is 3.15. The summed E-state index contributed by atoms with van der Waals surface area (Å²) in [5.74, 6) is 1.02. The van der Waals surface area contributed by atoms with Crippen LogP contribution in [0.1, 0.15) is 38.2 Å². The average Bonchev–Trinajstić information content (AvgIpc) is 3.17. The van der Waals surface area contributed by atoms with Crippen molar-refractivity contribution >= 4 is 5.91 Å². The third-order valence-corrected chi connectivity index (χ3v) is 3.73. The maximum atomic E-state index is 11.8. The van der Waals surface area contributed by atoms with Crippen molar-refractivity contribution in [1.29, 1.82) is 0 Å². The topological polar surface area (TPSA) is 38.3 Å². The van der Waals surface area contributed by atoms with Gasteiger partial charge in [0.1, 0.15) is 5.75 Å². The zero-order valence-electron chi connectivity index (χ0n) is 11.2. The van der Waals surface area contributed by atoms with Crippen LogP contribution in [-0.2, 0) is 11.2 Å². The summed E-state index contributed by atoms with van der Waals surface area (Å²) in [6.07, 6.45) is 4.67. The molecule has 0 unspecified atom stereocenters. The van der Waals surface area contributed by atoms with Crippen molar-refractivity contribution in [2.45, 2.75) is 44.6 Å². The summed E-state index contributed by atoms with van der Waals surface area (Å²) in [5.41, 5.74) is 1.31. The molecular weight excluding hydrogens is 226 g/mol. The molecule has 1 N–H and O–H groups in total. The van der Waals surface area contributed by atoms with Crippen molar-refractivity contribution in [1.82, 2.24) is 5.32 Å². The van der Waals surface area contributed by atoms with Crippen LogP contribution in [0.5, 0.6) is 5.75 Å². The summed E-state index contributed by atoms with van der Waals surface area (Å²) >= 11 is 0. The summed E-state index contributed by atoms with van der Waals surface area (Å²) < 4.78 is 5.10. The van der Waals surface area contributed by atoms with Crippen molar-refractivity contribution in [2.75, 3.05) is 7.11 Å². The lowest BCUT2D eigenvalue weighted by Gasteiger charge is -2.14. The van der Waals surface area contributed by atoms with Crippen LogP contribution in [-0.4, -0.2) is 18.6 Å². The maximum absolute atomic E-state index is 11.8. The Hall–Kier alpha value is -1.51. The number of methoxy groups -OCH3 is 1. The first-order valence-corrected chi connectivity index (χ1v) is 6.61. The molecule has 0 bridgehead atoms. The fraction of sp³-hybridized carbons (Fsp3) is 0.533. The van der Waals surface area contributed by atoms with Crippen molar-refractivity contribution in [3.05, 3.63) is 29.8 Å². The van der Waals surface area contributed by atoms with E-state index in [1.807, 2.05) is 24.3 Å². The second-order valence-corrected chi connectivity index (χ2v) is 5.03. The van der Waals surface area contributed by atoms with E-state index >= 15 is 0 Å². The number of benzene rings is 1. The Morgan fingerprint density at radius 1 is 1.33 bits per heavy atom. The van der Waals surface area contributed by atoms with E-state index in [0.717, 1.165) is 31.4 Å². The van der Waals surface area contributed by atoms with Gasteiger partial charge in [0.15, 0.2) is 0 Å². The van der Waals surface area contributed by atoms with Gasteiger partial charge in [-0.25, -0.2) is 0 Å². The Morgan fingerprint density at radius 3 is 2.50 bits per heavy atom. The van der Waals surface area contributed by atoms with Gasteiger partial charge in [0.2, 0.25) is 5.91 Å². The molecule has 0 spiro atoms. The van der Waals surface area contributed by atoms with Crippen LogP contribution in [0.4, 0.5) is 0 Å². The van der Waals surface area contributed by atoms with E-state index in [1.165, 1.54) is 5.56 Å². The summed E-state index contributed by atoms with van der Waals surface area (Å²) in [7, 11) is 1.66. The van der Waals surface area contributed by atoms with Gasteiger partial charge in [-0.15, -0.1) is 0 Å². The molecule has 0 aromatic heterocycles. The zero-order valence-corrected chi connectivity index (χ0v) is 11.2. The molecule has 0 atom stereocenters. The highest BCUT2D eigenvalue weighted by Gasteiger charge is 2.41. The molecule has 3 nitrogen and oxygen atoms in total. The van der Waals surface area contributed by atoms with Crippen molar-refractivity contribution < 1.29 is 9.53 Å². The molecule has 98 valence electrons. The Kier molecular flexibility index (Phi) is 3.90. The normalized spacial score (nSPS) is 16.1. The van der Waals surface area contributed by atoms with E-state index in [9.17, 15) is 4.79 Å². The molecule has 0 aliphatic heterocycles. The molecule has 1 aliphatic carbocycles. The van der Waals surface area contributed by atoms with E-state index in [2.05, 4.69) is 12.2 Å².